The van der Waals surface area contributed by atoms with Crippen LogP contribution in [0.3, 0.4) is 0 Å². The first-order chi connectivity index (χ1) is 7.35. The fraction of sp³-hybridized carbons (Fsp3) is 0.818. The van der Waals surface area contributed by atoms with Crippen LogP contribution in [0.25, 0.3) is 0 Å². The minimum atomic E-state index is 0.178. The molecule has 0 amide bonds. The van der Waals surface area contributed by atoms with E-state index in [1.54, 1.807) is 7.11 Å². The van der Waals surface area contributed by atoms with Gasteiger partial charge in [-0.1, -0.05) is 6.08 Å². The van der Waals surface area contributed by atoms with Crippen molar-refractivity contribution in [3.8, 4) is 0 Å². The van der Waals surface area contributed by atoms with Crippen molar-refractivity contribution in [3.63, 3.8) is 0 Å². The highest BCUT2D eigenvalue weighted by atomic mass is 16.5. The van der Waals surface area contributed by atoms with E-state index in [4.69, 9.17) is 14.6 Å². The summed E-state index contributed by atoms with van der Waals surface area (Å²) in [5, 5.41) is 8.80. The zero-order valence-corrected chi connectivity index (χ0v) is 9.65. The SMILES string of the molecule is C=CCN(CCO)CCOCCCOC. The lowest BCUT2D eigenvalue weighted by atomic mass is 10.4. The average Bonchev–Trinajstić information content (AvgIpc) is 2.24. The van der Waals surface area contributed by atoms with E-state index in [2.05, 4.69) is 11.5 Å². The van der Waals surface area contributed by atoms with E-state index in [0.717, 1.165) is 32.7 Å². The van der Waals surface area contributed by atoms with Gasteiger partial charge in [-0.05, 0) is 6.42 Å². The molecule has 0 aliphatic carbocycles. The van der Waals surface area contributed by atoms with E-state index in [0.29, 0.717) is 13.2 Å². The maximum atomic E-state index is 8.80. The topological polar surface area (TPSA) is 41.9 Å². The Morgan fingerprint density at radius 3 is 2.67 bits per heavy atom. The van der Waals surface area contributed by atoms with Crippen molar-refractivity contribution in [2.45, 2.75) is 6.42 Å². The predicted octanol–water partition coefficient (Wildman–Crippen LogP) is 0.520. The summed E-state index contributed by atoms with van der Waals surface area (Å²) in [5.74, 6) is 0. The molecule has 0 atom stereocenters. The number of methoxy groups -OCH3 is 1. The normalized spacial score (nSPS) is 10.9. The molecule has 4 nitrogen and oxygen atoms in total. The van der Waals surface area contributed by atoms with E-state index in [1.807, 2.05) is 6.08 Å². The molecule has 0 aromatic carbocycles. The second-order valence-corrected chi connectivity index (χ2v) is 3.27. The number of aliphatic hydroxyl groups is 1. The van der Waals surface area contributed by atoms with E-state index < -0.39 is 0 Å². The zero-order valence-electron chi connectivity index (χ0n) is 9.65. The van der Waals surface area contributed by atoms with Gasteiger partial charge in [0.2, 0.25) is 0 Å². The van der Waals surface area contributed by atoms with Crippen LogP contribution in [0.4, 0.5) is 0 Å². The molecule has 0 bridgehead atoms. The molecule has 0 aliphatic heterocycles. The number of ether oxygens (including phenoxy) is 2. The van der Waals surface area contributed by atoms with Crippen molar-refractivity contribution in [2.75, 3.05) is 53.2 Å². The van der Waals surface area contributed by atoms with Crippen LogP contribution in [0, 0.1) is 0 Å². The van der Waals surface area contributed by atoms with Crippen LogP contribution >= 0.6 is 0 Å². The fourth-order valence-corrected chi connectivity index (χ4v) is 1.22. The molecular formula is C11H23NO3. The molecule has 90 valence electrons. The summed E-state index contributed by atoms with van der Waals surface area (Å²) in [4.78, 5) is 2.10. The van der Waals surface area contributed by atoms with Gasteiger partial charge in [-0.25, -0.2) is 0 Å². The minimum absolute atomic E-state index is 0.178. The van der Waals surface area contributed by atoms with E-state index in [-0.39, 0.29) is 6.61 Å². The standard InChI is InChI=1S/C11H23NO3/c1-3-5-12(6-8-13)7-11-15-10-4-9-14-2/h3,13H,1,4-11H2,2H3. The molecule has 0 aromatic rings. The summed E-state index contributed by atoms with van der Waals surface area (Å²) in [6.45, 7) is 8.32. The molecule has 0 fully saturated rings. The summed E-state index contributed by atoms with van der Waals surface area (Å²) < 4.78 is 10.3. The highest BCUT2D eigenvalue weighted by Gasteiger charge is 2.00. The van der Waals surface area contributed by atoms with Crippen molar-refractivity contribution in [1.82, 2.24) is 4.90 Å². The monoisotopic (exact) mass is 217 g/mol. The van der Waals surface area contributed by atoms with E-state index in [1.165, 1.54) is 0 Å². The van der Waals surface area contributed by atoms with Crippen LogP contribution in [0.1, 0.15) is 6.42 Å². The molecule has 1 N–H and O–H groups in total. The van der Waals surface area contributed by atoms with Gasteiger partial charge in [0.25, 0.3) is 0 Å². The van der Waals surface area contributed by atoms with Gasteiger partial charge in [0, 0.05) is 40.0 Å². The lowest BCUT2D eigenvalue weighted by molar-refractivity contribution is 0.0819. The second kappa shape index (κ2) is 11.7. The number of nitrogens with zero attached hydrogens (tertiary/aromatic N) is 1. The van der Waals surface area contributed by atoms with Crippen molar-refractivity contribution in [2.24, 2.45) is 0 Å². The zero-order chi connectivity index (χ0) is 11.4. The van der Waals surface area contributed by atoms with Crippen molar-refractivity contribution < 1.29 is 14.6 Å². The van der Waals surface area contributed by atoms with Gasteiger partial charge < -0.3 is 14.6 Å². The molecule has 0 unspecified atom stereocenters. The lowest BCUT2D eigenvalue weighted by Crippen LogP contribution is -2.30. The van der Waals surface area contributed by atoms with E-state index in [9.17, 15) is 0 Å². The average molecular weight is 217 g/mol. The van der Waals surface area contributed by atoms with Crippen LogP contribution < -0.4 is 0 Å². The van der Waals surface area contributed by atoms with Crippen molar-refractivity contribution in [1.29, 1.82) is 0 Å². The maximum Gasteiger partial charge on any atom is 0.0593 e. The van der Waals surface area contributed by atoms with Gasteiger partial charge in [-0.2, -0.15) is 0 Å². The largest absolute Gasteiger partial charge is 0.395 e. The molecule has 0 rings (SSSR count). The molecule has 4 heteroatoms. The van der Waals surface area contributed by atoms with Gasteiger partial charge >= 0.3 is 0 Å². The quantitative estimate of drug-likeness (QED) is 0.405. The molecule has 0 radical (unpaired) electrons. The van der Waals surface area contributed by atoms with E-state index >= 15 is 0 Å². The molecule has 0 saturated heterocycles. The van der Waals surface area contributed by atoms with Gasteiger partial charge in [-0.15, -0.1) is 6.58 Å². The summed E-state index contributed by atoms with van der Waals surface area (Å²) >= 11 is 0. The van der Waals surface area contributed by atoms with Gasteiger partial charge in [-0.3, -0.25) is 4.90 Å². The smallest absolute Gasteiger partial charge is 0.0593 e. The Bertz CT molecular complexity index is 142. The van der Waals surface area contributed by atoms with Gasteiger partial charge in [0.1, 0.15) is 0 Å². The highest BCUT2D eigenvalue weighted by Crippen LogP contribution is 1.90. The minimum Gasteiger partial charge on any atom is -0.395 e. The Morgan fingerprint density at radius 1 is 1.27 bits per heavy atom. The van der Waals surface area contributed by atoms with Crippen LogP contribution in [0.5, 0.6) is 0 Å². The van der Waals surface area contributed by atoms with Gasteiger partial charge in [0.15, 0.2) is 0 Å². The third kappa shape index (κ3) is 9.87. The number of hydrogen-bond acceptors (Lipinski definition) is 4. The first kappa shape index (κ1) is 14.6. The Hall–Kier alpha value is -0.420. The summed E-state index contributed by atoms with van der Waals surface area (Å²) in [6, 6.07) is 0. The summed E-state index contributed by atoms with van der Waals surface area (Å²) in [5.41, 5.74) is 0. The second-order valence-electron chi connectivity index (χ2n) is 3.27. The molecular weight excluding hydrogens is 194 g/mol. The summed E-state index contributed by atoms with van der Waals surface area (Å²) in [6.07, 6.45) is 2.76. The number of rotatable bonds is 11. The van der Waals surface area contributed by atoms with Crippen molar-refractivity contribution >= 4 is 0 Å². The van der Waals surface area contributed by atoms with Gasteiger partial charge in [0.05, 0.1) is 13.2 Å². The molecule has 0 heterocycles. The predicted molar refractivity (Wildman–Crippen MR) is 61.0 cm³/mol. The highest BCUT2D eigenvalue weighted by molar-refractivity contribution is 4.72. The van der Waals surface area contributed by atoms with Crippen molar-refractivity contribution in [3.05, 3.63) is 12.7 Å². The molecule has 0 saturated carbocycles. The lowest BCUT2D eigenvalue weighted by Gasteiger charge is -2.18. The third-order valence-electron chi connectivity index (χ3n) is 1.99. The third-order valence-corrected chi connectivity index (χ3v) is 1.99. The maximum absolute atomic E-state index is 8.80. The Morgan fingerprint density at radius 2 is 2.07 bits per heavy atom. The van der Waals surface area contributed by atoms with Crippen LogP contribution in [0.15, 0.2) is 12.7 Å². The first-order valence-electron chi connectivity index (χ1n) is 5.36. The Labute approximate surface area is 92.5 Å². The van der Waals surface area contributed by atoms with Crippen LogP contribution in [-0.4, -0.2) is 63.2 Å². The fourth-order valence-electron chi connectivity index (χ4n) is 1.22. The first-order valence-corrected chi connectivity index (χ1v) is 5.36. The number of aliphatic hydroxyl groups excluding tert-OH is 1. The number of hydrogen-bond donors (Lipinski definition) is 1. The molecule has 0 aliphatic rings. The van der Waals surface area contributed by atoms with Crippen LogP contribution in [0.2, 0.25) is 0 Å². The Balaban J connectivity index is 3.32. The summed E-state index contributed by atoms with van der Waals surface area (Å²) in [7, 11) is 1.69. The molecule has 0 aromatic heterocycles. The Kier molecular flexibility index (Phi) is 11.3. The molecule has 0 spiro atoms. The molecule has 15 heavy (non-hydrogen) atoms. The van der Waals surface area contributed by atoms with Crippen LogP contribution in [-0.2, 0) is 9.47 Å².